The molecule has 1 saturated heterocycles. The summed E-state index contributed by atoms with van der Waals surface area (Å²) in [5, 5.41) is 12.5. The van der Waals surface area contributed by atoms with Crippen LogP contribution in [0.5, 0.6) is 11.5 Å². The van der Waals surface area contributed by atoms with Crippen molar-refractivity contribution in [3.05, 3.63) is 59.9 Å². The minimum atomic E-state index is -0.315. The SMILES string of the molecule is O=C(NCCOc1ccc(C(=S)NO)cc1)c1cc2ccc(OCCN3CCOCC3)cc2o1. The lowest BCUT2D eigenvalue weighted by Crippen LogP contribution is -2.38. The van der Waals surface area contributed by atoms with Gasteiger partial charge in [-0.2, -0.15) is 0 Å². The first kappa shape index (κ1) is 24.0. The third kappa shape index (κ3) is 6.45. The normalized spacial score (nSPS) is 14.0. The van der Waals surface area contributed by atoms with Crippen molar-refractivity contribution in [3.8, 4) is 11.5 Å². The van der Waals surface area contributed by atoms with Crippen LogP contribution >= 0.6 is 12.2 Å². The number of amides is 1. The fraction of sp³-hybridized carbons (Fsp3) is 0.333. The Balaban J connectivity index is 1.22. The number of morpholine rings is 1. The van der Waals surface area contributed by atoms with Crippen molar-refractivity contribution in [2.24, 2.45) is 0 Å². The third-order valence-electron chi connectivity index (χ3n) is 5.37. The maximum absolute atomic E-state index is 12.5. The smallest absolute Gasteiger partial charge is 0.287 e. The first-order chi connectivity index (χ1) is 16.6. The Morgan fingerprint density at radius 1 is 1.03 bits per heavy atom. The molecule has 1 aliphatic heterocycles. The number of hydrogen-bond donors (Lipinski definition) is 3. The van der Waals surface area contributed by atoms with Crippen LogP contribution in [0.25, 0.3) is 11.0 Å². The fourth-order valence-electron chi connectivity index (χ4n) is 3.52. The van der Waals surface area contributed by atoms with E-state index >= 15 is 0 Å². The van der Waals surface area contributed by atoms with Crippen molar-refractivity contribution >= 4 is 34.1 Å². The molecule has 0 bridgehead atoms. The second-order valence-electron chi connectivity index (χ2n) is 7.68. The van der Waals surface area contributed by atoms with Crippen molar-refractivity contribution in [1.29, 1.82) is 0 Å². The van der Waals surface area contributed by atoms with Gasteiger partial charge in [0.2, 0.25) is 0 Å². The maximum atomic E-state index is 12.5. The number of rotatable bonds is 10. The lowest BCUT2D eigenvalue weighted by molar-refractivity contribution is 0.0322. The van der Waals surface area contributed by atoms with Gasteiger partial charge in [-0.3, -0.25) is 20.4 Å². The van der Waals surface area contributed by atoms with E-state index < -0.39 is 0 Å². The molecule has 9 nitrogen and oxygen atoms in total. The molecule has 0 aliphatic carbocycles. The standard InChI is InChI=1S/C24H27N3O6S/c28-23(25-7-11-31-19-4-1-17(2-5-19)24(34)26-29)22-15-18-3-6-20(16-21(18)33-22)32-14-10-27-8-12-30-13-9-27/h1-6,15-16,29H,7-14H2,(H,25,28)(H,26,34). The number of thiocarbonyl (C=S) groups is 1. The summed E-state index contributed by atoms with van der Waals surface area (Å²) in [6, 6.07) is 14.2. The van der Waals surface area contributed by atoms with Gasteiger partial charge in [0, 0.05) is 36.7 Å². The number of nitrogens with zero attached hydrogens (tertiary/aromatic N) is 1. The minimum Gasteiger partial charge on any atom is -0.492 e. The van der Waals surface area contributed by atoms with Crippen LogP contribution < -0.4 is 20.3 Å². The Morgan fingerprint density at radius 2 is 1.76 bits per heavy atom. The number of benzene rings is 2. The largest absolute Gasteiger partial charge is 0.492 e. The van der Waals surface area contributed by atoms with Gasteiger partial charge in [0.05, 0.1) is 19.8 Å². The number of nitrogens with one attached hydrogen (secondary N) is 2. The molecule has 1 fully saturated rings. The zero-order valence-corrected chi connectivity index (χ0v) is 19.4. The summed E-state index contributed by atoms with van der Waals surface area (Å²) >= 11 is 4.95. The van der Waals surface area contributed by atoms with Gasteiger partial charge in [-0.25, -0.2) is 0 Å². The zero-order valence-electron chi connectivity index (χ0n) is 18.6. The summed E-state index contributed by atoms with van der Waals surface area (Å²) in [5.41, 5.74) is 3.21. The van der Waals surface area contributed by atoms with E-state index in [1.165, 1.54) is 0 Å². The lowest BCUT2D eigenvalue weighted by Gasteiger charge is -2.26. The van der Waals surface area contributed by atoms with Gasteiger partial charge in [0.1, 0.15) is 35.3 Å². The molecule has 180 valence electrons. The van der Waals surface area contributed by atoms with Crippen molar-refractivity contribution < 1.29 is 28.6 Å². The number of hydrogen-bond acceptors (Lipinski definition) is 8. The lowest BCUT2D eigenvalue weighted by atomic mass is 10.2. The number of furan rings is 1. The Bertz CT molecular complexity index is 1110. The first-order valence-electron chi connectivity index (χ1n) is 11.0. The molecule has 2 heterocycles. The van der Waals surface area contributed by atoms with Crippen LogP contribution in [0.3, 0.4) is 0 Å². The molecule has 4 rings (SSSR count). The van der Waals surface area contributed by atoms with Crippen molar-refractivity contribution in [2.75, 3.05) is 52.6 Å². The van der Waals surface area contributed by atoms with E-state index in [2.05, 4.69) is 10.2 Å². The molecular formula is C24H27N3O6S. The monoisotopic (exact) mass is 485 g/mol. The van der Waals surface area contributed by atoms with Crippen LogP contribution in [0.15, 0.2) is 52.9 Å². The molecule has 1 aromatic heterocycles. The van der Waals surface area contributed by atoms with Crippen LogP contribution in [0.2, 0.25) is 0 Å². The van der Waals surface area contributed by atoms with Crippen molar-refractivity contribution in [3.63, 3.8) is 0 Å². The summed E-state index contributed by atoms with van der Waals surface area (Å²) in [5.74, 6) is 1.25. The second kappa shape index (κ2) is 11.8. The van der Waals surface area contributed by atoms with E-state index in [1.807, 2.05) is 17.6 Å². The summed E-state index contributed by atoms with van der Waals surface area (Å²) in [6.07, 6.45) is 0. The molecule has 1 aliphatic rings. The second-order valence-corrected chi connectivity index (χ2v) is 8.09. The van der Waals surface area contributed by atoms with E-state index in [1.54, 1.807) is 36.4 Å². The number of fused-ring (bicyclic) bond motifs is 1. The van der Waals surface area contributed by atoms with Gasteiger partial charge in [-0.05, 0) is 42.5 Å². The van der Waals surface area contributed by atoms with Gasteiger partial charge in [0.25, 0.3) is 5.91 Å². The summed E-state index contributed by atoms with van der Waals surface area (Å²) in [4.78, 5) is 15.0. The Hall–Kier alpha value is -3.18. The third-order valence-corrected chi connectivity index (χ3v) is 5.70. The molecule has 10 heteroatoms. The molecule has 0 atom stereocenters. The number of carbonyl (C=O) groups is 1. The highest BCUT2D eigenvalue weighted by Crippen LogP contribution is 2.24. The Morgan fingerprint density at radius 3 is 2.53 bits per heavy atom. The Kier molecular flexibility index (Phi) is 8.31. The van der Waals surface area contributed by atoms with Crippen LogP contribution in [0, 0.1) is 0 Å². The summed E-state index contributed by atoms with van der Waals surface area (Å²) < 4.78 is 22.6. The summed E-state index contributed by atoms with van der Waals surface area (Å²) in [6.45, 7) is 5.39. The number of hydroxylamine groups is 1. The average Bonchev–Trinajstić information content (AvgIpc) is 3.31. The van der Waals surface area contributed by atoms with Gasteiger partial charge in [-0.15, -0.1) is 0 Å². The molecule has 3 N–H and O–H groups in total. The topological polar surface area (TPSA) is 105 Å². The van der Waals surface area contributed by atoms with Gasteiger partial charge < -0.3 is 23.9 Å². The molecule has 0 saturated carbocycles. The molecule has 0 spiro atoms. The Labute approximate surface area is 202 Å². The number of ether oxygens (including phenoxy) is 3. The molecule has 34 heavy (non-hydrogen) atoms. The van der Waals surface area contributed by atoms with Crippen molar-refractivity contribution in [2.45, 2.75) is 0 Å². The van der Waals surface area contributed by atoms with E-state index in [9.17, 15) is 4.79 Å². The first-order valence-corrected chi connectivity index (χ1v) is 11.5. The molecule has 0 unspecified atom stereocenters. The van der Waals surface area contributed by atoms with E-state index in [4.69, 9.17) is 36.1 Å². The highest BCUT2D eigenvalue weighted by atomic mass is 32.1. The van der Waals surface area contributed by atoms with Gasteiger partial charge >= 0.3 is 0 Å². The molecular weight excluding hydrogens is 458 g/mol. The number of carbonyl (C=O) groups excluding carboxylic acids is 1. The van der Waals surface area contributed by atoms with E-state index in [0.29, 0.717) is 35.8 Å². The van der Waals surface area contributed by atoms with Gasteiger partial charge in [-0.1, -0.05) is 12.2 Å². The van der Waals surface area contributed by atoms with E-state index in [-0.39, 0.29) is 23.3 Å². The van der Waals surface area contributed by atoms with Gasteiger partial charge in [0.15, 0.2) is 5.76 Å². The quantitative estimate of drug-likeness (QED) is 0.227. The van der Waals surface area contributed by atoms with Crippen LogP contribution in [-0.4, -0.2) is 73.6 Å². The summed E-state index contributed by atoms with van der Waals surface area (Å²) in [7, 11) is 0. The molecule has 0 radical (unpaired) electrons. The van der Waals surface area contributed by atoms with Crippen LogP contribution in [-0.2, 0) is 4.74 Å². The van der Waals surface area contributed by atoms with Crippen LogP contribution in [0.4, 0.5) is 0 Å². The fourth-order valence-corrected chi connectivity index (χ4v) is 3.65. The molecule has 3 aromatic rings. The zero-order chi connectivity index (χ0) is 23.8. The molecule has 1 amide bonds. The van der Waals surface area contributed by atoms with Crippen molar-refractivity contribution in [1.82, 2.24) is 15.7 Å². The van der Waals surface area contributed by atoms with Crippen LogP contribution in [0.1, 0.15) is 16.1 Å². The highest BCUT2D eigenvalue weighted by Gasteiger charge is 2.13. The maximum Gasteiger partial charge on any atom is 0.287 e. The highest BCUT2D eigenvalue weighted by molar-refractivity contribution is 7.80. The predicted octanol–water partition coefficient (Wildman–Crippen LogP) is 2.61. The van der Waals surface area contributed by atoms with E-state index in [0.717, 1.165) is 38.2 Å². The predicted molar refractivity (Wildman–Crippen MR) is 130 cm³/mol. The average molecular weight is 486 g/mol. The minimum absolute atomic E-state index is 0.231. The molecule has 2 aromatic carbocycles.